The zero-order valence-electron chi connectivity index (χ0n) is 7.44. The molecule has 2 aromatic heterocycles. The van der Waals surface area contributed by atoms with Crippen molar-refractivity contribution in [2.45, 2.75) is 0 Å². The number of nitrogens with one attached hydrogen (secondary N) is 1. The molecule has 15 heavy (non-hydrogen) atoms. The lowest BCUT2D eigenvalue weighted by Crippen LogP contribution is -1.95. The summed E-state index contributed by atoms with van der Waals surface area (Å²) in [6, 6.07) is 3.23. The molecule has 0 fully saturated rings. The van der Waals surface area contributed by atoms with Crippen LogP contribution < -0.4 is 0 Å². The van der Waals surface area contributed by atoms with Crippen molar-refractivity contribution in [3.05, 3.63) is 34.7 Å². The predicted octanol–water partition coefficient (Wildman–Crippen LogP) is 1.93. The van der Waals surface area contributed by atoms with E-state index in [0.717, 1.165) is 10.0 Å². The van der Waals surface area contributed by atoms with E-state index < -0.39 is 5.97 Å². The average Bonchev–Trinajstić information content (AvgIpc) is 2.67. The van der Waals surface area contributed by atoms with Gasteiger partial charge in [-0.25, -0.2) is 4.79 Å². The molecule has 2 rings (SSSR count). The second kappa shape index (κ2) is 3.82. The molecule has 76 valence electrons. The number of H-pyrrole nitrogens is 1. The molecule has 0 spiro atoms. The lowest BCUT2D eigenvalue weighted by Gasteiger charge is -1.97. The second-order valence-corrected chi connectivity index (χ2v) is 3.68. The van der Waals surface area contributed by atoms with E-state index in [2.05, 4.69) is 31.1 Å². The maximum atomic E-state index is 10.6. The third-order valence-corrected chi connectivity index (χ3v) is 2.49. The fourth-order valence-electron chi connectivity index (χ4n) is 1.15. The van der Waals surface area contributed by atoms with Gasteiger partial charge in [0.2, 0.25) is 0 Å². The minimum atomic E-state index is -1.03. The molecule has 6 heteroatoms. The highest BCUT2D eigenvalue weighted by atomic mass is 79.9. The molecule has 0 aliphatic heterocycles. The molecule has 0 saturated carbocycles. The maximum absolute atomic E-state index is 10.6. The Balaban J connectivity index is 2.46. The molecule has 0 aliphatic carbocycles. The summed E-state index contributed by atoms with van der Waals surface area (Å²) in [6.45, 7) is 0. The standard InChI is InChI=1S/C9H6BrN3O2/c10-6-4-11-2-1-5(6)7-3-8(9(14)15)13-12-7/h1-4H,(H,12,13)(H,14,15). The van der Waals surface area contributed by atoms with Gasteiger partial charge in [0.15, 0.2) is 0 Å². The Morgan fingerprint density at radius 2 is 2.33 bits per heavy atom. The monoisotopic (exact) mass is 267 g/mol. The van der Waals surface area contributed by atoms with Crippen molar-refractivity contribution in [3.63, 3.8) is 0 Å². The van der Waals surface area contributed by atoms with Crippen LogP contribution >= 0.6 is 15.9 Å². The van der Waals surface area contributed by atoms with Crippen LogP contribution in [-0.2, 0) is 0 Å². The molecule has 0 aromatic carbocycles. The van der Waals surface area contributed by atoms with Crippen LogP contribution in [-0.4, -0.2) is 26.3 Å². The molecular weight excluding hydrogens is 262 g/mol. The van der Waals surface area contributed by atoms with Crippen LogP contribution in [0.4, 0.5) is 0 Å². The third kappa shape index (κ3) is 1.89. The molecule has 0 amide bonds. The van der Waals surface area contributed by atoms with E-state index in [1.54, 1.807) is 18.5 Å². The Labute approximate surface area is 93.3 Å². The highest BCUT2D eigenvalue weighted by molar-refractivity contribution is 9.10. The summed E-state index contributed by atoms with van der Waals surface area (Å²) >= 11 is 3.32. The van der Waals surface area contributed by atoms with Gasteiger partial charge in [-0.15, -0.1) is 0 Å². The molecule has 2 N–H and O–H groups in total. The van der Waals surface area contributed by atoms with Gasteiger partial charge >= 0.3 is 5.97 Å². The Morgan fingerprint density at radius 1 is 1.53 bits per heavy atom. The minimum Gasteiger partial charge on any atom is -0.477 e. The number of carbonyl (C=O) groups is 1. The van der Waals surface area contributed by atoms with Crippen molar-refractivity contribution in [2.75, 3.05) is 0 Å². The van der Waals surface area contributed by atoms with Crippen LogP contribution in [0.5, 0.6) is 0 Å². The Kier molecular flexibility index (Phi) is 2.51. The summed E-state index contributed by atoms with van der Waals surface area (Å²) in [5.41, 5.74) is 1.43. The smallest absolute Gasteiger partial charge is 0.353 e. The highest BCUT2D eigenvalue weighted by Crippen LogP contribution is 2.25. The Hall–Kier alpha value is -1.69. The van der Waals surface area contributed by atoms with E-state index in [0.29, 0.717) is 5.69 Å². The van der Waals surface area contributed by atoms with Crippen molar-refractivity contribution in [1.82, 2.24) is 15.2 Å². The number of aromatic nitrogens is 3. The maximum Gasteiger partial charge on any atom is 0.353 e. The first-order valence-corrected chi connectivity index (χ1v) is 4.86. The van der Waals surface area contributed by atoms with Gasteiger partial charge in [0.05, 0.1) is 5.69 Å². The van der Waals surface area contributed by atoms with Gasteiger partial charge in [-0.05, 0) is 28.1 Å². The Bertz CT molecular complexity index is 510. The number of halogens is 1. The van der Waals surface area contributed by atoms with Crippen molar-refractivity contribution in [3.8, 4) is 11.3 Å². The van der Waals surface area contributed by atoms with E-state index in [1.165, 1.54) is 6.07 Å². The largest absolute Gasteiger partial charge is 0.477 e. The molecule has 2 aromatic rings. The van der Waals surface area contributed by atoms with E-state index in [9.17, 15) is 4.79 Å². The van der Waals surface area contributed by atoms with Gasteiger partial charge in [0.25, 0.3) is 0 Å². The average molecular weight is 268 g/mol. The highest BCUT2D eigenvalue weighted by Gasteiger charge is 2.10. The van der Waals surface area contributed by atoms with E-state index in [-0.39, 0.29) is 5.69 Å². The van der Waals surface area contributed by atoms with Gasteiger partial charge in [-0.1, -0.05) is 0 Å². The minimum absolute atomic E-state index is 0.0636. The number of hydrogen-bond acceptors (Lipinski definition) is 3. The number of hydrogen-bond donors (Lipinski definition) is 2. The first kappa shape index (κ1) is 9.85. The number of aromatic carboxylic acids is 1. The quantitative estimate of drug-likeness (QED) is 0.872. The molecule has 0 unspecified atom stereocenters. The van der Waals surface area contributed by atoms with Crippen molar-refractivity contribution >= 4 is 21.9 Å². The van der Waals surface area contributed by atoms with Gasteiger partial charge in [-0.3, -0.25) is 10.1 Å². The lowest BCUT2D eigenvalue weighted by atomic mass is 10.2. The van der Waals surface area contributed by atoms with E-state index in [1.807, 2.05) is 0 Å². The summed E-state index contributed by atoms with van der Waals surface area (Å²) < 4.78 is 0.772. The van der Waals surface area contributed by atoms with Gasteiger partial charge in [-0.2, -0.15) is 5.10 Å². The molecule has 0 saturated heterocycles. The van der Waals surface area contributed by atoms with Crippen LogP contribution in [0.2, 0.25) is 0 Å². The van der Waals surface area contributed by atoms with Crippen LogP contribution in [0.15, 0.2) is 29.0 Å². The number of aromatic amines is 1. The number of nitrogens with zero attached hydrogens (tertiary/aromatic N) is 2. The molecule has 5 nitrogen and oxygen atoms in total. The van der Waals surface area contributed by atoms with Gasteiger partial charge < -0.3 is 5.11 Å². The van der Waals surface area contributed by atoms with Crippen LogP contribution in [0.3, 0.4) is 0 Å². The normalized spacial score (nSPS) is 10.2. The van der Waals surface area contributed by atoms with Crippen LogP contribution in [0.1, 0.15) is 10.5 Å². The van der Waals surface area contributed by atoms with Crippen LogP contribution in [0.25, 0.3) is 11.3 Å². The van der Waals surface area contributed by atoms with Crippen molar-refractivity contribution < 1.29 is 9.90 Å². The number of carboxylic acid groups (broad SMARTS) is 1. The van der Waals surface area contributed by atoms with Crippen molar-refractivity contribution in [2.24, 2.45) is 0 Å². The first-order valence-electron chi connectivity index (χ1n) is 4.07. The third-order valence-electron chi connectivity index (χ3n) is 1.86. The fourth-order valence-corrected chi connectivity index (χ4v) is 1.61. The molecule has 0 bridgehead atoms. The lowest BCUT2D eigenvalue weighted by molar-refractivity contribution is 0.0690. The fraction of sp³-hybridized carbons (Fsp3) is 0. The number of carboxylic acids is 1. The SMILES string of the molecule is O=C(O)c1cc(-c2ccncc2Br)n[nH]1. The summed E-state index contributed by atoms with van der Waals surface area (Å²) in [4.78, 5) is 14.5. The zero-order chi connectivity index (χ0) is 10.8. The first-order chi connectivity index (χ1) is 7.18. The predicted molar refractivity (Wildman–Crippen MR) is 56.5 cm³/mol. The van der Waals surface area contributed by atoms with E-state index in [4.69, 9.17) is 5.11 Å². The summed E-state index contributed by atoms with van der Waals surface area (Å²) in [5.74, 6) is -1.03. The molecular formula is C9H6BrN3O2. The van der Waals surface area contributed by atoms with Gasteiger partial charge in [0.1, 0.15) is 5.69 Å². The van der Waals surface area contributed by atoms with E-state index >= 15 is 0 Å². The molecule has 0 radical (unpaired) electrons. The Morgan fingerprint density at radius 3 is 2.93 bits per heavy atom. The summed E-state index contributed by atoms with van der Waals surface area (Å²) in [5, 5.41) is 15.1. The molecule has 2 heterocycles. The second-order valence-electron chi connectivity index (χ2n) is 2.83. The molecule has 0 atom stereocenters. The van der Waals surface area contributed by atoms with Gasteiger partial charge in [0, 0.05) is 22.4 Å². The van der Waals surface area contributed by atoms with Crippen molar-refractivity contribution in [1.29, 1.82) is 0 Å². The summed E-state index contributed by atoms with van der Waals surface area (Å²) in [6.07, 6.45) is 3.25. The summed E-state index contributed by atoms with van der Waals surface area (Å²) in [7, 11) is 0. The van der Waals surface area contributed by atoms with Crippen LogP contribution in [0, 0.1) is 0 Å². The number of pyridine rings is 1. The molecule has 0 aliphatic rings. The topological polar surface area (TPSA) is 78.9 Å². The zero-order valence-corrected chi connectivity index (χ0v) is 9.02. The number of rotatable bonds is 2.